The van der Waals surface area contributed by atoms with Gasteiger partial charge in [0.2, 0.25) is 0 Å². The zero-order valence-corrected chi connectivity index (χ0v) is 7.63. The average molecular weight is 192 g/mol. The van der Waals surface area contributed by atoms with Gasteiger partial charge in [-0.1, -0.05) is 0 Å². The number of nitrogens with two attached hydrogens (primary N) is 1. The van der Waals surface area contributed by atoms with Crippen molar-refractivity contribution in [1.29, 1.82) is 0 Å². The van der Waals surface area contributed by atoms with E-state index in [9.17, 15) is 4.79 Å². The summed E-state index contributed by atoms with van der Waals surface area (Å²) in [5, 5.41) is 8.89. The molecule has 1 aliphatic rings. The van der Waals surface area contributed by atoms with Crippen molar-refractivity contribution in [3.63, 3.8) is 0 Å². The third-order valence-electron chi connectivity index (χ3n) is 2.09. The molecule has 0 unspecified atom stereocenters. The topological polar surface area (TPSA) is 79.2 Å². The van der Waals surface area contributed by atoms with Crippen molar-refractivity contribution in [2.75, 3.05) is 17.3 Å². The second-order valence-electron chi connectivity index (χ2n) is 3.14. The highest BCUT2D eigenvalue weighted by molar-refractivity contribution is 5.88. The van der Waals surface area contributed by atoms with E-state index < -0.39 is 6.03 Å². The molecule has 0 saturated carbocycles. The van der Waals surface area contributed by atoms with Crippen LogP contribution >= 0.6 is 0 Å². The molecule has 0 aromatic heterocycles. The number of anilines is 2. The molecule has 1 aliphatic heterocycles. The second-order valence-corrected chi connectivity index (χ2v) is 3.14. The summed E-state index contributed by atoms with van der Waals surface area (Å²) in [7, 11) is 0. The van der Waals surface area contributed by atoms with Gasteiger partial charge in [0.1, 0.15) is 0 Å². The molecule has 0 fully saturated rings. The van der Waals surface area contributed by atoms with Gasteiger partial charge in [-0.3, -0.25) is 5.32 Å². The van der Waals surface area contributed by atoms with Crippen molar-refractivity contribution in [2.45, 2.75) is 6.54 Å². The quantitative estimate of drug-likeness (QED) is 0.527. The molecular weight excluding hydrogens is 180 g/mol. The highest BCUT2D eigenvalue weighted by Gasteiger charge is 2.08. The molecule has 1 aromatic rings. The van der Waals surface area contributed by atoms with Crippen LogP contribution < -0.4 is 21.7 Å². The Morgan fingerprint density at radius 3 is 3.14 bits per heavy atom. The van der Waals surface area contributed by atoms with Gasteiger partial charge in [-0.2, -0.15) is 0 Å². The summed E-state index contributed by atoms with van der Waals surface area (Å²) in [6.07, 6.45) is 0. The van der Waals surface area contributed by atoms with E-state index in [1.54, 1.807) is 0 Å². The van der Waals surface area contributed by atoms with Gasteiger partial charge in [-0.25, -0.2) is 4.79 Å². The molecule has 5 N–H and O–H groups in total. The van der Waals surface area contributed by atoms with Crippen LogP contribution in [0.3, 0.4) is 0 Å². The lowest BCUT2D eigenvalue weighted by atomic mass is 10.1. The van der Waals surface area contributed by atoms with Gasteiger partial charge in [0.15, 0.2) is 0 Å². The third-order valence-corrected chi connectivity index (χ3v) is 2.09. The van der Waals surface area contributed by atoms with Crippen molar-refractivity contribution in [1.82, 2.24) is 5.32 Å². The van der Waals surface area contributed by atoms with Gasteiger partial charge in [-0.15, -0.1) is 0 Å². The molecule has 2 amide bonds. The fraction of sp³-hybridized carbons (Fsp3) is 0.222. The first-order valence-corrected chi connectivity index (χ1v) is 4.40. The molecule has 1 aromatic carbocycles. The highest BCUT2D eigenvalue weighted by Crippen LogP contribution is 2.22. The standard InChI is InChI=1S/C9H12N4O/c10-9(14)13-7-1-2-8-6(3-7)4-11-5-12-8/h1-3,11-12H,4-5H2,(H3,10,13,14). The summed E-state index contributed by atoms with van der Waals surface area (Å²) in [6, 6.07) is 5.12. The maximum Gasteiger partial charge on any atom is 0.316 e. The molecular formula is C9H12N4O. The lowest BCUT2D eigenvalue weighted by Crippen LogP contribution is -2.27. The number of hydrogen-bond acceptors (Lipinski definition) is 3. The van der Waals surface area contributed by atoms with E-state index in [-0.39, 0.29) is 0 Å². The highest BCUT2D eigenvalue weighted by atomic mass is 16.2. The average Bonchev–Trinajstić information content (AvgIpc) is 2.17. The molecule has 5 nitrogen and oxygen atoms in total. The molecule has 2 rings (SSSR count). The Morgan fingerprint density at radius 2 is 2.36 bits per heavy atom. The number of urea groups is 1. The van der Waals surface area contributed by atoms with Crippen LogP contribution in [0, 0.1) is 0 Å². The van der Waals surface area contributed by atoms with Crippen LogP contribution in [0.5, 0.6) is 0 Å². The van der Waals surface area contributed by atoms with Crippen LogP contribution in [0.4, 0.5) is 16.2 Å². The Balaban J connectivity index is 2.24. The van der Waals surface area contributed by atoms with Gasteiger partial charge in [0.05, 0.1) is 6.67 Å². The number of rotatable bonds is 1. The first kappa shape index (κ1) is 8.83. The Kier molecular flexibility index (Phi) is 2.24. The first-order chi connectivity index (χ1) is 6.75. The van der Waals surface area contributed by atoms with Gasteiger partial charge in [-0.05, 0) is 23.8 Å². The number of hydrogen-bond donors (Lipinski definition) is 4. The van der Waals surface area contributed by atoms with Crippen LogP contribution in [-0.2, 0) is 6.54 Å². The van der Waals surface area contributed by atoms with E-state index in [1.807, 2.05) is 18.2 Å². The zero-order valence-electron chi connectivity index (χ0n) is 7.63. The summed E-state index contributed by atoms with van der Waals surface area (Å²) in [5.41, 5.74) is 7.97. The molecule has 0 radical (unpaired) electrons. The predicted molar refractivity (Wildman–Crippen MR) is 55.0 cm³/mol. The number of carbonyl (C=O) groups is 1. The minimum Gasteiger partial charge on any atom is -0.372 e. The molecule has 0 atom stereocenters. The second kappa shape index (κ2) is 3.55. The summed E-state index contributed by atoms with van der Waals surface area (Å²) in [4.78, 5) is 10.6. The summed E-state index contributed by atoms with van der Waals surface area (Å²) < 4.78 is 0. The summed E-state index contributed by atoms with van der Waals surface area (Å²) >= 11 is 0. The monoisotopic (exact) mass is 192 g/mol. The van der Waals surface area contributed by atoms with Crippen LogP contribution in [0.15, 0.2) is 18.2 Å². The van der Waals surface area contributed by atoms with Crippen molar-refractivity contribution in [3.8, 4) is 0 Å². The normalized spacial score (nSPS) is 14.0. The lowest BCUT2D eigenvalue weighted by molar-refractivity contribution is 0.259. The zero-order chi connectivity index (χ0) is 9.97. The molecule has 0 saturated heterocycles. The van der Waals surface area contributed by atoms with Crippen LogP contribution in [-0.4, -0.2) is 12.7 Å². The summed E-state index contributed by atoms with van der Waals surface area (Å²) in [6.45, 7) is 1.58. The molecule has 0 aliphatic carbocycles. The van der Waals surface area contributed by atoms with E-state index in [2.05, 4.69) is 16.0 Å². The number of amides is 2. The Labute approximate surface area is 81.7 Å². The number of benzene rings is 1. The van der Waals surface area contributed by atoms with Gasteiger partial charge >= 0.3 is 6.03 Å². The van der Waals surface area contributed by atoms with Crippen molar-refractivity contribution in [2.24, 2.45) is 5.73 Å². The maximum atomic E-state index is 10.6. The Hall–Kier alpha value is -1.75. The van der Waals surface area contributed by atoms with Crippen LogP contribution in [0.2, 0.25) is 0 Å². The minimum absolute atomic E-state index is 0.540. The minimum atomic E-state index is -0.540. The Bertz CT molecular complexity index is 364. The van der Waals surface area contributed by atoms with Gasteiger partial charge in [0.25, 0.3) is 0 Å². The van der Waals surface area contributed by atoms with Gasteiger partial charge in [0, 0.05) is 17.9 Å². The maximum absolute atomic E-state index is 10.6. The summed E-state index contributed by atoms with van der Waals surface area (Å²) in [5.74, 6) is 0. The lowest BCUT2D eigenvalue weighted by Gasteiger charge is -2.19. The number of fused-ring (bicyclic) bond motifs is 1. The molecule has 0 spiro atoms. The van der Waals surface area contributed by atoms with Crippen LogP contribution in [0.25, 0.3) is 0 Å². The van der Waals surface area contributed by atoms with Crippen molar-refractivity contribution in [3.05, 3.63) is 23.8 Å². The molecule has 5 heteroatoms. The third kappa shape index (κ3) is 1.77. The largest absolute Gasteiger partial charge is 0.372 e. The SMILES string of the molecule is NC(=O)Nc1ccc2c(c1)CNCN2. The van der Waals surface area contributed by atoms with E-state index in [0.29, 0.717) is 0 Å². The number of nitrogens with one attached hydrogen (secondary N) is 3. The number of primary amides is 1. The Morgan fingerprint density at radius 1 is 1.50 bits per heavy atom. The van der Waals surface area contributed by atoms with E-state index in [0.717, 1.165) is 30.2 Å². The fourth-order valence-electron chi connectivity index (χ4n) is 1.49. The van der Waals surface area contributed by atoms with E-state index in [1.165, 1.54) is 0 Å². The molecule has 14 heavy (non-hydrogen) atoms. The molecule has 0 bridgehead atoms. The first-order valence-electron chi connectivity index (χ1n) is 4.40. The molecule has 1 heterocycles. The molecule has 74 valence electrons. The van der Waals surface area contributed by atoms with E-state index in [4.69, 9.17) is 5.73 Å². The number of carbonyl (C=O) groups excluding carboxylic acids is 1. The van der Waals surface area contributed by atoms with Gasteiger partial charge < -0.3 is 16.4 Å². The van der Waals surface area contributed by atoms with Crippen LogP contribution in [0.1, 0.15) is 5.56 Å². The van der Waals surface area contributed by atoms with Crippen molar-refractivity contribution < 1.29 is 4.79 Å². The smallest absolute Gasteiger partial charge is 0.316 e. The van der Waals surface area contributed by atoms with Crippen molar-refractivity contribution >= 4 is 17.4 Å². The fourth-order valence-corrected chi connectivity index (χ4v) is 1.49. The predicted octanol–water partition coefficient (Wildman–Crippen LogP) is 0.650. The van der Waals surface area contributed by atoms with E-state index >= 15 is 0 Å².